The Morgan fingerprint density at radius 2 is 1.63 bits per heavy atom. The summed E-state index contributed by atoms with van der Waals surface area (Å²) in [4.78, 5) is 54.0. The summed E-state index contributed by atoms with van der Waals surface area (Å²) in [5, 5.41) is 5.53. The summed E-state index contributed by atoms with van der Waals surface area (Å²) < 4.78 is 5.35. The molecule has 0 heterocycles. The first-order valence-electron chi connectivity index (χ1n) is 15.0. The maximum Gasteiger partial charge on any atom is 0.408 e. The van der Waals surface area contributed by atoms with Gasteiger partial charge in [-0.25, -0.2) is 4.79 Å². The molecule has 9 heteroatoms. The molecule has 0 fully saturated rings. The Hall–Kier alpha value is -3.36. The van der Waals surface area contributed by atoms with Crippen LogP contribution < -0.4 is 16.4 Å². The highest BCUT2D eigenvalue weighted by Gasteiger charge is 2.36. The molecule has 0 aromatic heterocycles. The Morgan fingerprint density at radius 3 is 2.24 bits per heavy atom. The van der Waals surface area contributed by atoms with Crippen molar-refractivity contribution in [3.8, 4) is 0 Å². The number of nitrogens with zero attached hydrogens (tertiary/aromatic N) is 1. The molecule has 0 aliphatic heterocycles. The number of nitrogens with one attached hydrogen (secondary N) is 2. The molecule has 2 unspecified atom stereocenters. The first-order chi connectivity index (χ1) is 19.4. The fourth-order valence-corrected chi connectivity index (χ4v) is 4.49. The molecular formula is C32H52N4O5. The van der Waals surface area contributed by atoms with Gasteiger partial charge in [0.15, 0.2) is 0 Å². The molecule has 0 aliphatic rings. The molecule has 0 bridgehead atoms. The minimum absolute atomic E-state index is 0.265. The largest absolute Gasteiger partial charge is 0.444 e. The molecule has 230 valence electrons. The van der Waals surface area contributed by atoms with Gasteiger partial charge in [-0.2, -0.15) is 0 Å². The minimum Gasteiger partial charge on any atom is -0.444 e. The van der Waals surface area contributed by atoms with E-state index < -0.39 is 42.0 Å². The van der Waals surface area contributed by atoms with Crippen LogP contribution in [0.4, 0.5) is 4.79 Å². The van der Waals surface area contributed by atoms with E-state index in [1.807, 2.05) is 18.2 Å². The molecule has 1 aromatic carbocycles. The van der Waals surface area contributed by atoms with Gasteiger partial charge in [-0.15, -0.1) is 0 Å². The van der Waals surface area contributed by atoms with Gasteiger partial charge in [-0.1, -0.05) is 89.6 Å². The number of benzene rings is 1. The number of alkyl carbamates (subject to hydrolysis) is 1. The lowest BCUT2D eigenvalue weighted by atomic mass is 9.99. The van der Waals surface area contributed by atoms with Crippen LogP contribution in [0.5, 0.6) is 0 Å². The van der Waals surface area contributed by atoms with Gasteiger partial charge in [0.05, 0.1) is 6.42 Å². The van der Waals surface area contributed by atoms with Crippen LogP contribution in [0.15, 0.2) is 30.8 Å². The second kappa shape index (κ2) is 18.9. The maximum absolute atomic E-state index is 14.1. The predicted molar refractivity (Wildman–Crippen MR) is 164 cm³/mol. The van der Waals surface area contributed by atoms with E-state index in [1.165, 1.54) is 4.90 Å². The fourth-order valence-electron chi connectivity index (χ4n) is 4.49. The van der Waals surface area contributed by atoms with Gasteiger partial charge in [0.25, 0.3) is 0 Å². The van der Waals surface area contributed by atoms with Crippen LogP contribution in [0.1, 0.15) is 116 Å². The Labute approximate surface area is 246 Å². The third-order valence-electron chi connectivity index (χ3n) is 6.53. The molecule has 4 N–H and O–H groups in total. The zero-order chi connectivity index (χ0) is 30.8. The lowest BCUT2D eigenvalue weighted by Gasteiger charge is -2.34. The molecule has 41 heavy (non-hydrogen) atoms. The van der Waals surface area contributed by atoms with Gasteiger partial charge in [-0.05, 0) is 50.8 Å². The van der Waals surface area contributed by atoms with Crippen LogP contribution >= 0.6 is 0 Å². The number of rotatable bonds is 19. The molecule has 0 radical (unpaired) electrons. The monoisotopic (exact) mass is 572 g/mol. The lowest BCUT2D eigenvalue weighted by molar-refractivity contribution is -0.143. The van der Waals surface area contributed by atoms with Crippen molar-refractivity contribution in [1.29, 1.82) is 0 Å². The molecule has 0 aliphatic carbocycles. The number of hydrogen-bond acceptors (Lipinski definition) is 5. The summed E-state index contributed by atoms with van der Waals surface area (Å²) in [5.74, 6) is -1.65. The van der Waals surface area contributed by atoms with Crippen LogP contribution in [0.3, 0.4) is 0 Å². The third-order valence-corrected chi connectivity index (χ3v) is 6.53. The zero-order valence-electron chi connectivity index (χ0n) is 25.8. The van der Waals surface area contributed by atoms with Gasteiger partial charge in [0.2, 0.25) is 17.7 Å². The number of carbonyl (C=O) groups is 4. The van der Waals surface area contributed by atoms with Gasteiger partial charge >= 0.3 is 6.09 Å². The van der Waals surface area contributed by atoms with Crippen LogP contribution in [-0.2, 0) is 19.1 Å². The Morgan fingerprint density at radius 1 is 1.00 bits per heavy atom. The number of carbonyl (C=O) groups excluding carboxylic acids is 4. The topological polar surface area (TPSA) is 131 Å². The summed E-state index contributed by atoms with van der Waals surface area (Å²) in [6, 6.07) is 5.05. The highest BCUT2D eigenvalue weighted by atomic mass is 16.6. The number of hydrogen-bond donors (Lipinski definition) is 3. The van der Waals surface area contributed by atoms with Crippen molar-refractivity contribution in [2.45, 2.75) is 117 Å². The minimum atomic E-state index is -1.29. The van der Waals surface area contributed by atoms with E-state index >= 15 is 0 Å². The Bertz CT molecular complexity index is 989. The van der Waals surface area contributed by atoms with E-state index in [-0.39, 0.29) is 12.5 Å². The van der Waals surface area contributed by atoms with Crippen LogP contribution in [0.2, 0.25) is 0 Å². The van der Waals surface area contributed by atoms with Crippen LogP contribution in [-0.4, -0.2) is 53.4 Å². The van der Waals surface area contributed by atoms with Gasteiger partial charge in [0.1, 0.15) is 17.7 Å². The van der Waals surface area contributed by atoms with E-state index in [2.05, 4.69) is 31.1 Å². The van der Waals surface area contributed by atoms with E-state index in [4.69, 9.17) is 10.5 Å². The summed E-state index contributed by atoms with van der Waals surface area (Å²) in [6.07, 6.45) is 9.11. The van der Waals surface area contributed by atoms with Gasteiger partial charge in [-0.3, -0.25) is 14.4 Å². The zero-order valence-corrected chi connectivity index (χ0v) is 25.8. The first-order valence-corrected chi connectivity index (χ1v) is 15.0. The van der Waals surface area contributed by atoms with Crippen LogP contribution in [0.25, 0.3) is 6.08 Å². The average molecular weight is 573 g/mol. The van der Waals surface area contributed by atoms with Crippen molar-refractivity contribution >= 4 is 29.9 Å². The van der Waals surface area contributed by atoms with E-state index in [0.717, 1.165) is 56.9 Å². The van der Waals surface area contributed by atoms with Crippen molar-refractivity contribution < 1.29 is 23.9 Å². The van der Waals surface area contributed by atoms with Crippen molar-refractivity contribution in [2.75, 3.05) is 13.1 Å². The maximum atomic E-state index is 14.1. The van der Waals surface area contributed by atoms with Crippen molar-refractivity contribution in [3.05, 3.63) is 42.0 Å². The molecule has 1 aromatic rings. The molecular weight excluding hydrogens is 520 g/mol. The highest BCUT2D eigenvalue weighted by molar-refractivity contribution is 5.94. The molecule has 2 atom stereocenters. The fraction of sp³-hybridized carbons (Fsp3) is 0.625. The molecule has 1 rings (SSSR count). The molecule has 9 nitrogen and oxygen atoms in total. The average Bonchev–Trinajstić information content (AvgIpc) is 2.90. The first kappa shape index (κ1) is 35.7. The van der Waals surface area contributed by atoms with Crippen molar-refractivity contribution in [3.63, 3.8) is 0 Å². The quantitative estimate of drug-likeness (QED) is 0.185. The summed E-state index contributed by atoms with van der Waals surface area (Å²) in [7, 11) is 0. The second-order valence-corrected chi connectivity index (χ2v) is 11.4. The Kier molecular flexibility index (Phi) is 16.4. The predicted octanol–water partition coefficient (Wildman–Crippen LogP) is 5.63. The van der Waals surface area contributed by atoms with Crippen molar-refractivity contribution in [2.24, 2.45) is 5.73 Å². The van der Waals surface area contributed by atoms with E-state index in [0.29, 0.717) is 18.5 Å². The molecule has 0 saturated carbocycles. The highest BCUT2D eigenvalue weighted by Crippen LogP contribution is 2.25. The third kappa shape index (κ3) is 14.2. The summed E-state index contributed by atoms with van der Waals surface area (Å²) in [5.41, 5.74) is 6.10. The molecule has 0 spiro atoms. The Balaban J connectivity index is 3.47. The summed E-state index contributed by atoms with van der Waals surface area (Å²) >= 11 is 0. The number of amides is 4. The number of primary amides is 1. The van der Waals surface area contributed by atoms with Crippen LogP contribution in [0, 0.1) is 0 Å². The number of ether oxygens (including phenoxy) is 1. The van der Waals surface area contributed by atoms with Gasteiger partial charge in [0, 0.05) is 13.1 Å². The SMILES string of the molecule is C=Cc1cccc(C(C(=O)NCCCCC)N(CCCCCCCC)C(=O)C(CC(N)=O)NC(=O)OC(C)(C)C)c1. The smallest absolute Gasteiger partial charge is 0.408 e. The lowest BCUT2D eigenvalue weighted by Crippen LogP contribution is -2.54. The standard InChI is InChI=1S/C32H52N4O5/c1-7-10-12-13-14-16-21-36(30(39)26(23-27(33)37)35-31(40)41-32(4,5)6)28(29(38)34-20-15-11-8-2)25-19-17-18-24(9-3)22-25/h9,17-19,22,26,28H,3,7-8,10-16,20-21,23H2,1-2,4-6H3,(H2,33,37)(H,34,38)(H,35,40). The molecule has 0 saturated heterocycles. The number of unbranched alkanes of at least 4 members (excludes halogenated alkanes) is 7. The van der Waals surface area contributed by atoms with Crippen molar-refractivity contribution in [1.82, 2.24) is 15.5 Å². The second-order valence-electron chi connectivity index (χ2n) is 11.4. The van der Waals surface area contributed by atoms with E-state index in [1.54, 1.807) is 32.9 Å². The number of nitrogens with two attached hydrogens (primary N) is 1. The normalized spacial score (nSPS) is 12.6. The molecule has 4 amide bonds. The summed E-state index contributed by atoms with van der Waals surface area (Å²) in [6.45, 7) is 13.9. The van der Waals surface area contributed by atoms with Gasteiger partial charge < -0.3 is 26.0 Å². The van der Waals surface area contributed by atoms with E-state index in [9.17, 15) is 19.2 Å².